The molecular weight excluding hydrogens is 703 g/mol. The Kier molecular flexibility index (Phi) is 8.19. The Morgan fingerprint density at radius 3 is 1.53 bits per heavy atom. The lowest BCUT2D eigenvalue weighted by atomic mass is 9.96. The molecule has 0 atom stereocenters. The summed E-state index contributed by atoms with van der Waals surface area (Å²) in [7, 11) is 0. The molecule has 11 aromatic rings. The molecule has 272 valence electrons. The first-order chi connectivity index (χ1) is 28.7. The van der Waals surface area contributed by atoms with E-state index >= 15 is 0 Å². The molecule has 10 aromatic carbocycles. The second-order valence-corrected chi connectivity index (χ2v) is 14.9. The lowest BCUT2D eigenvalue weighted by Crippen LogP contribution is -2.10. The summed E-state index contributed by atoms with van der Waals surface area (Å²) in [5.74, 6) is 0.873. The summed E-state index contributed by atoms with van der Waals surface area (Å²) >= 11 is 0. The molecule has 2 nitrogen and oxygen atoms in total. The van der Waals surface area contributed by atoms with E-state index in [1.54, 1.807) is 0 Å². The van der Waals surface area contributed by atoms with Crippen LogP contribution in [0.15, 0.2) is 229 Å². The number of hydrogen-bond donors (Lipinski definition) is 0. The first-order valence-corrected chi connectivity index (χ1v) is 19.8. The summed E-state index contributed by atoms with van der Waals surface area (Å²) < 4.78 is 6.23. The Hall–Kier alpha value is -7.68. The van der Waals surface area contributed by atoms with Crippen LogP contribution in [0.2, 0.25) is 0 Å². The van der Waals surface area contributed by atoms with Crippen LogP contribution in [0.1, 0.15) is 0 Å². The highest BCUT2D eigenvalue weighted by Gasteiger charge is 2.18. The van der Waals surface area contributed by atoms with Crippen molar-refractivity contribution in [1.82, 2.24) is 0 Å². The van der Waals surface area contributed by atoms with Gasteiger partial charge in [-0.15, -0.1) is 0 Å². The predicted molar refractivity (Wildman–Crippen MR) is 245 cm³/mol. The van der Waals surface area contributed by atoms with E-state index in [4.69, 9.17) is 4.42 Å². The molecular formula is C56H37NO. The van der Waals surface area contributed by atoms with Gasteiger partial charge in [-0.05, 0) is 109 Å². The van der Waals surface area contributed by atoms with Gasteiger partial charge in [-0.1, -0.05) is 176 Å². The SMILES string of the molecule is c1cc(-c2ccc(N(c3ccc(-c4ccc(-c5cccc6ccccc56)cc4)cc3)c3cc4ccccc4c4ccccc34)cc2)cc(-c2cc3ccccc3o2)c1. The third-order valence-corrected chi connectivity index (χ3v) is 11.5. The van der Waals surface area contributed by atoms with Crippen LogP contribution < -0.4 is 4.90 Å². The van der Waals surface area contributed by atoms with Crippen LogP contribution >= 0.6 is 0 Å². The van der Waals surface area contributed by atoms with Crippen molar-refractivity contribution < 1.29 is 4.42 Å². The van der Waals surface area contributed by atoms with Gasteiger partial charge in [0.2, 0.25) is 0 Å². The second kappa shape index (κ2) is 14.1. The highest BCUT2D eigenvalue weighted by Crippen LogP contribution is 2.43. The van der Waals surface area contributed by atoms with E-state index in [1.165, 1.54) is 54.6 Å². The smallest absolute Gasteiger partial charge is 0.135 e. The minimum atomic E-state index is 0.873. The number of anilines is 3. The van der Waals surface area contributed by atoms with Gasteiger partial charge in [0.25, 0.3) is 0 Å². The molecule has 1 heterocycles. The van der Waals surface area contributed by atoms with Crippen molar-refractivity contribution in [2.24, 2.45) is 0 Å². The molecule has 0 amide bonds. The van der Waals surface area contributed by atoms with Crippen molar-refractivity contribution in [3.63, 3.8) is 0 Å². The Morgan fingerprint density at radius 1 is 0.293 bits per heavy atom. The molecule has 2 heteroatoms. The summed E-state index contributed by atoms with van der Waals surface area (Å²) in [6, 6.07) is 80.7. The minimum absolute atomic E-state index is 0.873. The maximum Gasteiger partial charge on any atom is 0.135 e. The largest absolute Gasteiger partial charge is 0.456 e. The maximum atomic E-state index is 6.23. The number of nitrogens with zero attached hydrogens (tertiary/aromatic N) is 1. The van der Waals surface area contributed by atoms with Crippen LogP contribution in [0.3, 0.4) is 0 Å². The molecule has 11 rings (SSSR count). The normalized spacial score (nSPS) is 11.4. The molecule has 0 saturated carbocycles. The Morgan fingerprint density at radius 2 is 0.810 bits per heavy atom. The third-order valence-electron chi connectivity index (χ3n) is 11.5. The first kappa shape index (κ1) is 33.6. The zero-order valence-electron chi connectivity index (χ0n) is 31.7. The van der Waals surface area contributed by atoms with E-state index in [-0.39, 0.29) is 0 Å². The van der Waals surface area contributed by atoms with Crippen molar-refractivity contribution in [1.29, 1.82) is 0 Å². The van der Waals surface area contributed by atoms with Gasteiger partial charge >= 0.3 is 0 Å². The molecule has 0 bridgehead atoms. The molecule has 0 aliphatic carbocycles. The van der Waals surface area contributed by atoms with Gasteiger partial charge in [-0.2, -0.15) is 0 Å². The van der Waals surface area contributed by atoms with E-state index in [0.717, 1.165) is 50.5 Å². The van der Waals surface area contributed by atoms with E-state index in [9.17, 15) is 0 Å². The fraction of sp³-hybridized carbons (Fsp3) is 0. The Balaban J connectivity index is 0.976. The summed E-state index contributed by atoms with van der Waals surface area (Å²) in [5, 5.41) is 8.54. The van der Waals surface area contributed by atoms with Crippen LogP contribution in [0.4, 0.5) is 17.1 Å². The highest BCUT2D eigenvalue weighted by atomic mass is 16.3. The summed E-state index contributed by atoms with van der Waals surface area (Å²) in [6.45, 7) is 0. The molecule has 0 aliphatic rings. The van der Waals surface area contributed by atoms with Crippen LogP contribution in [0, 0.1) is 0 Å². The number of para-hydroxylation sites is 1. The fourth-order valence-electron chi connectivity index (χ4n) is 8.55. The fourth-order valence-corrected chi connectivity index (χ4v) is 8.55. The maximum absolute atomic E-state index is 6.23. The summed E-state index contributed by atoms with van der Waals surface area (Å²) in [4.78, 5) is 2.40. The Bertz CT molecular complexity index is 3230. The van der Waals surface area contributed by atoms with Gasteiger partial charge in [0.1, 0.15) is 11.3 Å². The average molecular weight is 740 g/mol. The topological polar surface area (TPSA) is 16.4 Å². The quantitative estimate of drug-likeness (QED) is 0.151. The van der Waals surface area contributed by atoms with Crippen molar-refractivity contribution >= 4 is 60.3 Å². The summed E-state index contributed by atoms with van der Waals surface area (Å²) in [6.07, 6.45) is 0. The van der Waals surface area contributed by atoms with Gasteiger partial charge in [-0.25, -0.2) is 0 Å². The summed E-state index contributed by atoms with van der Waals surface area (Å²) in [5.41, 5.74) is 12.4. The molecule has 0 spiro atoms. The molecule has 0 aliphatic heterocycles. The number of furan rings is 1. The van der Waals surface area contributed by atoms with Crippen molar-refractivity contribution in [3.05, 3.63) is 224 Å². The zero-order valence-corrected chi connectivity index (χ0v) is 31.7. The van der Waals surface area contributed by atoms with Gasteiger partial charge in [-0.3, -0.25) is 0 Å². The van der Waals surface area contributed by atoms with Crippen molar-refractivity contribution in [2.75, 3.05) is 4.90 Å². The first-order valence-electron chi connectivity index (χ1n) is 19.8. The van der Waals surface area contributed by atoms with E-state index in [0.29, 0.717) is 0 Å². The average Bonchev–Trinajstić information content (AvgIpc) is 3.74. The lowest BCUT2D eigenvalue weighted by molar-refractivity contribution is 0.631. The lowest BCUT2D eigenvalue weighted by Gasteiger charge is -2.28. The molecule has 58 heavy (non-hydrogen) atoms. The molecule has 1 aromatic heterocycles. The number of fused-ring (bicyclic) bond motifs is 5. The zero-order chi connectivity index (χ0) is 38.4. The molecule has 0 fully saturated rings. The van der Waals surface area contributed by atoms with Crippen LogP contribution in [-0.4, -0.2) is 0 Å². The van der Waals surface area contributed by atoms with Crippen LogP contribution in [-0.2, 0) is 0 Å². The number of rotatable bonds is 7. The minimum Gasteiger partial charge on any atom is -0.456 e. The van der Waals surface area contributed by atoms with Crippen molar-refractivity contribution in [3.8, 4) is 44.7 Å². The van der Waals surface area contributed by atoms with Crippen molar-refractivity contribution in [2.45, 2.75) is 0 Å². The van der Waals surface area contributed by atoms with Crippen LogP contribution in [0.25, 0.3) is 88.0 Å². The van der Waals surface area contributed by atoms with E-state index in [1.807, 2.05) is 18.2 Å². The van der Waals surface area contributed by atoms with Gasteiger partial charge < -0.3 is 9.32 Å². The van der Waals surface area contributed by atoms with Gasteiger partial charge in [0, 0.05) is 27.7 Å². The third kappa shape index (κ3) is 6.00. The number of hydrogen-bond acceptors (Lipinski definition) is 2. The Labute approximate surface area is 337 Å². The molecule has 0 saturated heterocycles. The monoisotopic (exact) mass is 739 g/mol. The molecule has 0 N–H and O–H groups in total. The molecule has 0 radical (unpaired) electrons. The van der Waals surface area contributed by atoms with E-state index in [2.05, 4.69) is 211 Å². The van der Waals surface area contributed by atoms with Crippen LogP contribution in [0.5, 0.6) is 0 Å². The second-order valence-electron chi connectivity index (χ2n) is 14.9. The van der Waals surface area contributed by atoms with Gasteiger partial charge in [0.05, 0.1) is 5.69 Å². The van der Waals surface area contributed by atoms with Gasteiger partial charge in [0.15, 0.2) is 0 Å². The number of benzene rings is 10. The highest BCUT2D eigenvalue weighted by molar-refractivity contribution is 6.14. The van der Waals surface area contributed by atoms with E-state index < -0.39 is 0 Å². The predicted octanol–water partition coefficient (Wildman–Crippen LogP) is 16.0. The standard InChI is InChI=1S/C56H37NO/c1-4-17-49-41(11-1)14-10-21-50(49)42-25-23-38(24-26-42)39-27-31-47(32-28-39)57(54-36-44-12-2-5-18-51(44)52-19-6-7-20-53(52)54)48-33-29-40(30-34-48)43-15-9-16-45(35-43)56-37-46-13-3-8-22-55(46)58-56/h1-37H. The molecule has 0 unspecified atom stereocenters.